The van der Waals surface area contributed by atoms with Crippen LogP contribution in [0.3, 0.4) is 0 Å². The van der Waals surface area contributed by atoms with Crippen molar-refractivity contribution in [3.8, 4) is 0 Å². The molecule has 5 heteroatoms. The van der Waals surface area contributed by atoms with Crippen LogP contribution in [-0.4, -0.2) is 22.0 Å². The summed E-state index contributed by atoms with van der Waals surface area (Å²) in [7, 11) is -1.53. The molecule has 0 spiro atoms. The summed E-state index contributed by atoms with van der Waals surface area (Å²) in [6.07, 6.45) is 2.29. The molecule has 0 saturated heterocycles. The lowest BCUT2D eigenvalue weighted by molar-refractivity contribution is 0.600. The van der Waals surface area contributed by atoms with Crippen LogP contribution in [0.4, 0.5) is 11.4 Å². The number of sulfonamides is 1. The van der Waals surface area contributed by atoms with Crippen molar-refractivity contribution in [1.29, 1.82) is 0 Å². The van der Waals surface area contributed by atoms with Gasteiger partial charge in [0.2, 0.25) is 0 Å². The zero-order valence-corrected chi connectivity index (χ0v) is 15.7. The van der Waals surface area contributed by atoms with Crippen molar-refractivity contribution in [3.05, 3.63) is 53.6 Å². The summed E-state index contributed by atoms with van der Waals surface area (Å²) >= 11 is 0. The SMILES string of the molecule is CCCCN(C)c1ccc(NS(=O)(=O)c2ccc(C)cc2C)cc1. The molecule has 0 atom stereocenters. The molecule has 0 unspecified atom stereocenters. The summed E-state index contributed by atoms with van der Waals surface area (Å²) in [6, 6.07) is 12.8. The molecule has 0 aliphatic rings. The van der Waals surface area contributed by atoms with Crippen LogP contribution in [-0.2, 0) is 10.0 Å². The monoisotopic (exact) mass is 346 g/mol. The molecule has 0 radical (unpaired) electrons. The van der Waals surface area contributed by atoms with Gasteiger partial charge < -0.3 is 4.90 Å². The zero-order valence-electron chi connectivity index (χ0n) is 14.8. The molecule has 2 rings (SSSR count). The third-order valence-electron chi connectivity index (χ3n) is 4.03. The molecule has 0 aliphatic heterocycles. The van der Waals surface area contributed by atoms with Gasteiger partial charge in [0.05, 0.1) is 4.90 Å². The smallest absolute Gasteiger partial charge is 0.262 e. The topological polar surface area (TPSA) is 49.4 Å². The Labute approximate surface area is 145 Å². The first-order chi connectivity index (χ1) is 11.3. The molecule has 0 aromatic heterocycles. The highest BCUT2D eigenvalue weighted by atomic mass is 32.2. The highest BCUT2D eigenvalue weighted by Gasteiger charge is 2.16. The molecular formula is C19H26N2O2S. The Morgan fingerprint density at radius 1 is 1.04 bits per heavy atom. The van der Waals surface area contributed by atoms with Gasteiger partial charge in [0.25, 0.3) is 10.0 Å². The fourth-order valence-corrected chi connectivity index (χ4v) is 3.91. The van der Waals surface area contributed by atoms with Crippen LogP contribution >= 0.6 is 0 Å². The summed E-state index contributed by atoms with van der Waals surface area (Å²) in [5.74, 6) is 0. The molecule has 1 N–H and O–H groups in total. The predicted octanol–water partition coefficient (Wildman–Crippen LogP) is 4.34. The lowest BCUT2D eigenvalue weighted by atomic mass is 10.2. The maximum absolute atomic E-state index is 12.6. The summed E-state index contributed by atoms with van der Waals surface area (Å²) in [5.41, 5.74) is 3.45. The Morgan fingerprint density at radius 2 is 1.71 bits per heavy atom. The Kier molecular flexibility index (Phi) is 5.89. The van der Waals surface area contributed by atoms with Crippen LogP contribution < -0.4 is 9.62 Å². The van der Waals surface area contributed by atoms with Crippen LogP contribution in [0.5, 0.6) is 0 Å². The lowest BCUT2D eigenvalue weighted by Gasteiger charge is -2.19. The second-order valence-electron chi connectivity index (χ2n) is 6.20. The molecule has 4 nitrogen and oxygen atoms in total. The van der Waals surface area contributed by atoms with E-state index in [0.29, 0.717) is 10.6 Å². The zero-order chi connectivity index (χ0) is 17.7. The van der Waals surface area contributed by atoms with Gasteiger partial charge in [0.15, 0.2) is 0 Å². The average molecular weight is 346 g/mol. The Balaban J connectivity index is 2.15. The van der Waals surface area contributed by atoms with E-state index in [1.165, 1.54) is 0 Å². The average Bonchev–Trinajstić information content (AvgIpc) is 2.52. The van der Waals surface area contributed by atoms with E-state index in [-0.39, 0.29) is 0 Å². The first-order valence-electron chi connectivity index (χ1n) is 8.25. The first-order valence-corrected chi connectivity index (χ1v) is 9.73. The maximum Gasteiger partial charge on any atom is 0.262 e. The van der Waals surface area contributed by atoms with E-state index in [1.807, 2.05) is 45.2 Å². The molecular weight excluding hydrogens is 320 g/mol. The van der Waals surface area contributed by atoms with Crippen LogP contribution in [0.1, 0.15) is 30.9 Å². The van der Waals surface area contributed by atoms with Gasteiger partial charge in [-0.15, -0.1) is 0 Å². The van der Waals surface area contributed by atoms with Gasteiger partial charge >= 0.3 is 0 Å². The Morgan fingerprint density at radius 3 is 2.29 bits per heavy atom. The van der Waals surface area contributed by atoms with Gasteiger partial charge in [0.1, 0.15) is 0 Å². The third-order valence-corrected chi connectivity index (χ3v) is 5.57. The van der Waals surface area contributed by atoms with E-state index in [4.69, 9.17) is 0 Å². The number of hydrogen-bond acceptors (Lipinski definition) is 3. The minimum Gasteiger partial charge on any atom is -0.375 e. The molecule has 0 fully saturated rings. The molecule has 0 amide bonds. The standard InChI is InChI=1S/C19H26N2O2S/c1-5-6-13-21(4)18-10-8-17(9-11-18)20-24(22,23)19-12-7-15(2)14-16(19)3/h7-12,14,20H,5-6,13H2,1-4H3. The van der Waals surface area contributed by atoms with E-state index in [0.717, 1.165) is 36.2 Å². The van der Waals surface area contributed by atoms with Crippen molar-refractivity contribution in [2.75, 3.05) is 23.2 Å². The maximum atomic E-state index is 12.6. The van der Waals surface area contributed by atoms with Gasteiger partial charge in [-0.2, -0.15) is 0 Å². The molecule has 2 aromatic carbocycles. The number of unbranched alkanes of at least 4 members (excludes halogenated alkanes) is 1. The van der Waals surface area contributed by atoms with Gasteiger partial charge in [-0.25, -0.2) is 8.42 Å². The number of nitrogens with zero attached hydrogens (tertiary/aromatic N) is 1. The number of nitrogens with one attached hydrogen (secondary N) is 1. The summed E-state index contributed by atoms with van der Waals surface area (Å²) in [4.78, 5) is 2.49. The van der Waals surface area contributed by atoms with E-state index >= 15 is 0 Å². The minimum absolute atomic E-state index is 0.317. The number of anilines is 2. The van der Waals surface area contributed by atoms with E-state index in [1.54, 1.807) is 18.2 Å². The van der Waals surface area contributed by atoms with Crippen LogP contribution in [0.2, 0.25) is 0 Å². The summed E-state index contributed by atoms with van der Waals surface area (Å²) in [6.45, 7) is 6.92. The van der Waals surface area contributed by atoms with Crippen molar-refractivity contribution in [2.45, 2.75) is 38.5 Å². The highest BCUT2D eigenvalue weighted by Crippen LogP contribution is 2.22. The fourth-order valence-electron chi connectivity index (χ4n) is 2.62. The van der Waals surface area contributed by atoms with Crippen molar-refractivity contribution in [2.24, 2.45) is 0 Å². The number of benzene rings is 2. The second-order valence-corrected chi connectivity index (χ2v) is 7.85. The van der Waals surface area contributed by atoms with Crippen molar-refractivity contribution in [3.63, 3.8) is 0 Å². The second kappa shape index (κ2) is 7.71. The molecule has 0 aliphatic carbocycles. The molecule has 0 bridgehead atoms. The number of aryl methyl sites for hydroxylation is 2. The lowest BCUT2D eigenvalue weighted by Crippen LogP contribution is -2.18. The number of hydrogen-bond donors (Lipinski definition) is 1. The molecule has 0 heterocycles. The van der Waals surface area contributed by atoms with Crippen molar-refractivity contribution < 1.29 is 8.42 Å². The molecule has 130 valence electrons. The van der Waals surface area contributed by atoms with E-state index in [9.17, 15) is 8.42 Å². The molecule has 2 aromatic rings. The number of rotatable bonds is 7. The minimum atomic E-state index is -3.57. The van der Waals surface area contributed by atoms with Crippen molar-refractivity contribution in [1.82, 2.24) is 0 Å². The first kappa shape index (κ1) is 18.3. The van der Waals surface area contributed by atoms with Gasteiger partial charge in [-0.05, 0) is 56.2 Å². The molecule has 0 saturated carbocycles. The highest BCUT2D eigenvalue weighted by molar-refractivity contribution is 7.92. The normalized spacial score (nSPS) is 11.3. The van der Waals surface area contributed by atoms with E-state index in [2.05, 4.69) is 16.5 Å². The Bertz CT molecular complexity index is 784. The van der Waals surface area contributed by atoms with Crippen LogP contribution in [0.25, 0.3) is 0 Å². The predicted molar refractivity (Wildman–Crippen MR) is 101 cm³/mol. The quantitative estimate of drug-likeness (QED) is 0.811. The fraction of sp³-hybridized carbons (Fsp3) is 0.368. The third kappa shape index (κ3) is 4.51. The van der Waals surface area contributed by atoms with Gasteiger partial charge in [0, 0.05) is 25.0 Å². The van der Waals surface area contributed by atoms with Crippen LogP contribution in [0.15, 0.2) is 47.4 Å². The Hall–Kier alpha value is -2.01. The van der Waals surface area contributed by atoms with Crippen LogP contribution in [0, 0.1) is 13.8 Å². The summed E-state index contributed by atoms with van der Waals surface area (Å²) in [5, 5.41) is 0. The van der Waals surface area contributed by atoms with E-state index < -0.39 is 10.0 Å². The summed E-state index contributed by atoms with van der Waals surface area (Å²) < 4.78 is 27.8. The van der Waals surface area contributed by atoms with Crippen molar-refractivity contribution >= 4 is 21.4 Å². The molecule has 24 heavy (non-hydrogen) atoms. The van der Waals surface area contributed by atoms with Gasteiger partial charge in [-0.1, -0.05) is 31.0 Å². The largest absolute Gasteiger partial charge is 0.375 e. The van der Waals surface area contributed by atoms with Gasteiger partial charge in [-0.3, -0.25) is 4.72 Å².